The predicted molar refractivity (Wildman–Crippen MR) is 67.7 cm³/mol. The second-order valence-electron chi connectivity index (χ2n) is 2.86. The first-order valence-corrected chi connectivity index (χ1v) is 5.57. The van der Waals surface area contributed by atoms with Crippen LogP contribution in [0.25, 0.3) is 6.08 Å². The molecular formula is C10H3Cl4NO2. The highest BCUT2D eigenvalue weighted by atomic mass is 35.5. The third kappa shape index (κ3) is 3.05. The predicted octanol–water partition coefficient (Wildman–Crippen LogP) is 4.29. The van der Waals surface area contributed by atoms with Crippen LogP contribution in [0.1, 0.15) is 5.56 Å². The molecule has 0 aliphatic heterocycles. The maximum absolute atomic E-state index is 10.7. The van der Waals surface area contributed by atoms with Gasteiger partial charge in [-0.3, -0.25) is 0 Å². The van der Waals surface area contributed by atoms with Gasteiger partial charge in [-0.2, -0.15) is 5.26 Å². The summed E-state index contributed by atoms with van der Waals surface area (Å²) in [5.74, 6) is -1.38. The van der Waals surface area contributed by atoms with E-state index in [1.807, 2.05) is 0 Å². The van der Waals surface area contributed by atoms with Crippen LogP contribution in [0.3, 0.4) is 0 Å². The summed E-state index contributed by atoms with van der Waals surface area (Å²) in [6.07, 6.45) is 1.04. The smallest absolute Gasteiger partial charge is 0.346 e. The van der Waals surface area contributed by atoms with Crippen LogP contribution in [-0.4, -0.2) is 11.1 Å². The number of rotatable bonds is 2. The van der Waals surface area contributed by atoms with Crippen LogP contribution in [0.15, 0.2) is 11.6 Å². The van der Waals surface area contributed by atoms with Crippen LogP contribution in [0, 0.1) is 11.3 Å². The van der Waals surface area contributed by atoms with Crippen LogP contribution >= 0.6 is 46.4 Å². The fraction of sp³-hybridized carbons (Fsp3) is 0. The van der Waals surface area contributed by atoms with E-state index in [2.05, 4.69) is 0 Å². The molecule has 0 saturated carbocycles. The van der Waals surface area contributed by atoms with Crippen molar-refractivity contribution in [2.24, 2.45) is 0 Å². The second-order valence-corrected chi connectivity index (χ2v) is 4.43. The number of hydrogen-bond donors (Lipinski definition) is 1. The summed E-state index contributed by atoms with van der Waals surface area (Å²) in [5.41, 5.74) is -0.367. The standard InChI is InChI=1S/C10H3Cl4NO2/c11-6-2-7(12)9(14)8(13)5(6)1-4(3-15)10(16)17/h1-2H,(H,16,17)/b4-1+. The minimum absolute atomic E-state index is 0.00170. The van der Waals surface area contributed by atoms with E-state index in [1.165, 1.54) is 12.1 Å². The van der Waals surface area contributed by atoms with Crippen molar-refractivity contribution in [1.29, 1.82) is 5.26 Å². The van der Waals surface area contributed by atoms with E-state index in [1.54, 1.807) is 0 Å². The molecule has 0 fully saturated rings. The summed E-state index contributed by atoms with van der Waals surface area (Å²) in [5, 5.41) is 17.6. The highest BCUT2D eigenvalue weighted by molar-refractivity contribution is 6.50. The van der Waals surface area contributed by atoms with Gasteiger partial charge in [0.25, 0.3) is 0 Å². The monoisotopic (exact) mass is 309 g/mol. The first-order chi connectivity index (χ1) is 7.88. The van der Waals surface area contributed by atoms with Gasteiger partial charge in [0, 0.05) is 5.56 Å². The Balaban J connectivity index is 3.49. The minimum atomic E-state index is -1.38. The van der Waals surface area contributed by atoms with Crippen molar-refractivity contribution in [1.82, 2.24) is 0 Å². The summed E-state index contributed by atoms with van der Waals surface area (Å²) in [7, 11) is 0. The first-order valence-electron chi connectivity index (χ1n) is 4.06. The lowest BCUT2D eigenvalue weighted by Gasteiger charge is -2.06. The highest BCUT2D eigenvalue weighted by Crippen LogP contribution is 2.38. The van der Waals surface area contributed by atoms with Gasteiger partial charge in [0.15, 0.2) is 0 Å². The Morgan fingerprint density at radius 1 is 1.24 bits per heavy atom. The van der Waals surface area contributed by atoms with Gasteiger partial charge in [0.2, 0.25) is 0 Å². The fourth-order valence-electron chi connectivity index (χ4n) is 0.999. The average Bonchev–Trinajstić information content (AvgIpc) is 2.26. The molecule has 1 N–H and O–H groups in total. The molecule has 0 bridgehead atoms. The van der Waals surface area contributed by atoms with Gasteiger partial charge in [-0.15, -0.1) is 0 Å². The summed E-state index contributed by atoms with van der Waals surface area (Å²) in [4.78, 5) is 10.7. The van der Waals surface area contributed by atoms with Crippen molar-refractivity contribution in [3.05, 3.63) is 37.3 Å². The summed E-state index contributed by atoms with van der Waals surface area (Å²) in [6.45, 7) is 0. The fourth-order valence-corrected chi connectivity index (χ4v) is 2.03. The Labute approximate surface area is 117 Å². The van der Waals surface area contributed by atoms with E-state index in [4.69, 9.17) is 56.8 Å². The van der Waals surface area contributed by atoms with Crippen molar-refractivity contribution in [2.75, 3.05) is 0 Å². The number of carboxylic acids is 1. The molecular weight excluding hydrogens is 308 g/mol. The zero-order chi connectivity index (χ0) is 13.2. The number of aliphatic carboxylic acids is 1. The number of nitrogens with zero attached hydrogens (tertiary/aromatic N) is 1. The van der Waals surface area contributed by atoms with Gasteiger partial charge in [-0.25, -0.2) is 4.79 Å². The van der Waals surface area contributed by atoms with Gasteiger partial charge in [-0.1, -0.05) is 46.4 Å². The number of carboxylic acid groups (broad SMARTS) is 1. The molecule has 7 heteroatoms. The minimum Gasteiger partial charge on any atom is -0.477 e. The number of nitriles is 1. The van der Waals surface area contributed by atoms with Crippen molar-refractivity contribution in [2.45, 2.75) is 0 Å². The maximum Gasteiger partial charge on any atom is 0.346 e. The normalized spacial score (nSPS) is 11.1. The molecule has 0 saturated heterocycles. The molecule has 0 amide bonds. The van der Waals surface area contributed by atoms with E-state index in [0.29, 0.717) is 0 Å². The quantitative estimate of drug-likeness (QED) is 0.383. The molecule has 0 heterocycles. The van der Waals surface area contributed by atoms with Gasteiger partial charge in [0.1, 0.15) is 11.6 Å². The molecule has 1 aromatic rings. The van der Waals surface area contributed by atoms with E-state index in [0.717, 1.165) is 6.08 Å². The van der Waals surface area contributed by atoms with Gasteiger partial charge in [0.05, 0.1) is 20.1 Å². The van der Waals surface area contributed by atoms with Crippen LogP contribution in [-0.2, 0) is 4.79 Å². The molecule has 88 valence electrons. The summed E-state index contributed by atoms with van der Waals surface area (Å²) < 4.78 is 0. The Kier molecular flexibility index (Phi) is 4.67. The van der Waals surface area contributed by atoms with Crippen LogP contribution < -0.4 is 0 Å². The lowest BCUT2D eigenvalue weighted by atomic mass is 10.1. The third-order valence-corrected chi connectivity index (χ3v) is 3.38. The zero-order valence-corrected chi connectivity index (χ0v) is 11.0. The van der Waals surface area contributed by atoms with Crippen molar-refractivity contribution < 1.29 is 9.90 Å². The maximum atomic E-state index is 10.7. The molecule has 3 nitrogen and oxygen atoms in total. The van der Waals surface area contributed by atoms with E-state index in [9.17, 15) is 4.79 Å². The Morgan fingerprint density at radius 2 is 1.82 bits per heavy atom. The second kappa shape index (κ2) is 5.61. The lowest BCUT2D eigenvalue weighted by molar-refractivity contribution is -0.132. The molecule has 0 aliphatic rings. The van der Waals surface area contributed by atoms with Crippen LogP contribution in [0.5, 0.6) is 0 Å². The number of halogens is 4. The topological polar surface area (TPSA) is 61.1 Å². The molecule has 0 aliphatic carbocycles. The SMILES string of the molecule is N#C/C(=C\c1c(Cl)cc(Cl)c(Cl)c1Cl)C(=O)O. The average molecular weight is 311 g/mol. The van der Waals surface area contributed by atoms with Crippen LogP contribution in [0.2, 0.25) is 20.1 Å². The first kappa shape index (κ1) is 14.1. The molecule has 0 unspecified atom stereocenters. The number of hydrogen-bond acceptors (Lipinski definition) is 2. The molecule has 0 atom stereocenters. The molecule has 1 rings (SSSR count). The summed E-state index contributed by atoms with van der Waals surface area (Å²) in [6, 6.07) is 2.83. The highest BCUT2D eigenvalue weighted by Gasteiger charge is 2.15. The van der Waals surface area contributed by atoms with E-state index < -0.39 is 11.5 Å². The van der Waals surface area contributed by atoms with Crippen molar-refractivity contribution in [3.63, 3.8) is 0 Å². The lowest BCUT2D eigenvalue weighted by Crippen LogP contribution is -1.98. The molecule has 17 heavy (non-hydrogen) atoms. The van der Waals surface area contributed by atoms with Crippen molar-refractivity contribution >= 4 is 58.4 Å². The third-order valence-electron chi connectivity index (χ3n) is 1.79. The molecule has 1 aromatic carbocycles. The Bertz CT molecular complexity index is 560. The largest absolute Gasteiger partial charge is 0.477 e. The van der Waals surface area contributed by atoms with Gasteiger partial charge in [-0.05, 0) is 12.1 Å². The molecule has 0 radical (unpaired) electrons. The zero-order valence-electron chi connectivity index (χ0n) is 7.97. The number of carbonyl (C=O) groups is 1. The Hall–Kier alpha value is -0.920. The Morgan fingerprint density at radius 3 is 2.29 bits per heavy atom. The number of benzene rings is 1. The molecule has 0 spiro atoms. The van der Waals surface area contributed by atoms with Gasteiger partial charge >= 0.3 is 5.97 Å². The van der Waals surface area contributed by atoms with E-state index >= 15 is 0 Å². The molecule has 0 aromatic heterocycles. The van der Waals surface area contributed by atoms with Gasteiger partial charge < -0.3 is 5.11 Å². The summed E-state index contributed by atoms with van der Waals surface area (Å²) >= 11 is 23.2. The van der Waals surface area contributed by atoms with E-state index in [-0.39, 0.29) is 25.7 Å². The van der Waals surface area contributed by atoms with Crippen molar-refractivity contribution in [3.8, 4) is 6.07 Å². The van der Waals surface area contributed by atoms with Crippen LogP contribution in [0.4, 0.5) is 0 Å².